The summed E-state index contributed by atoms with van der Waals surface area (Å²) in [5.74, 6) is -2.44. The van der Waals surface area contributed by atoms with Crippen LogP contribution in [0.4, 0.5) is 0 Å². The highest BCUT2D eigenvalue weighted by atomic mass is 32.2. The van der Waals surface area contributed by atoms with Gasteiger partial charge in [0, 0.05) is 28.9 Å². The first-order chi connectivity index (χ1) is 7.55. The van der Waals surface area contributed by atoms with E-state index in [4.69, 9.17) is 5.11 Å². The second-order valence-electron chi connectivity index (χ2n) is 5.29. The van der Waals surface area contributed by atoms with Crippen molar-refractivity contribution in [1.82, 2.24) is 5.32 Å². The molecule has 0 aliphatic carbocycles. The molecule has 0 saturated heterocycles. The second kappa shape index (κ2) is 6.14. The Balaban J connectivity index is 4.66. The molecule has 100 valence electrons. The van der Waals surface area contributed by atoms with Gasteiger partial charge in [-0.2, -0.15) is 0 Å². The first-order valence-electron chi connectivity index (χ1n) is 5.39. The third-order valence-electron chi connectivity index (χ3n) is 2.25. The molecule has 0 heterocycles. The van der Waals surface area contributed by atoms with E-state index in [0.29, 0.717) is 5.75 Å². The third kappa shape index (κ3) is 5.81. The quantitative estimate of drug-likeness (QED) is 0.712. The van der Waals surface area contributed by atoms with Crippen LogP contribution in [0.15, 0.2) is 0 Å². The molecule has 6 heteroatoms. The Morgan fingerprint density at radius 3 is 2.12 bits per heavy atom. The maximum Gasteiger partial charge on any atom is 0.316 e. The molecule has 5 nitrogen and oxygen atoms in total. The number of nitrogens with one attached hydrogen (secondary N) is 1. The van der Waals surface area contributed by atoms with Gasteiger partial charge in [0.2, 0.25) is 5.91 Å². The molecule has 17 heavy (non-hydrogen) atoms. The Morgan fingerprint density at radius 1 is 1.35 bits per heavy atom. The van der Waals surface area contributed by atoms with Gasteiger partial charge in [-0.3, -0.25) is 13.8 Å². The van der Waals surface area contributed by atoms with Gasteiger partial charge in [0.1, 0.15) is 5.92 Å². The molecule has 0 aromatic carbocycles. The predicted octanol–water partition coefficient (Wildman–Crippen LogP) is 0.616. The minimum atomic E-state index is -1.14. The standard InChI is InChI=1S/C11H21NO4S/c1-7(6-17(5)16)12-9(13)8(10(14)15)11(2,3)4/h7-8H,6H2,1-5H3,(H,12,13)(H,14,15). The van der Waals surface area contributed by atoms with Crippen LogP contribution in [0.1, 0.15) is 27.7 Å². The predicted molar refractivity (Wildman–Crippen MR) is 67.1 cm³/mol. The summed E-state index contributed by atoms with van der Waals surface area (Å²) >= 11 is 0. The summed E-state index contributed by atoms with van der Waals surface area (Å²) in [7, 11) is -1.02. The first-order valence-corrected chi connectivity index (χ1v) is 7.11. The molecule has 2 N–H and O–H groups in total. The summed E-state index contributed by atoms with van der Waals surface area (Å²) in [6.45, 7) is 6.82. The molecule has 1 amide bonds. The Labute approximate surface area is 104 Å². The molecule has 0 aliphatic heterocycles. The van der Waals surface area contributed by atoms with Crippen LogP contribution in [0.25, 0.3) is 0 Å². The Morgan fingerprint density at radius 2 is 1.82 bits per heavy atom. The molecule has 0 radical (unpaired) electrons. The fourth-order valence-corrected chi connectivity index (χ4v) is 2.38. The van der Waals surface area contributed by atoms with E-state index in [1.54, 1.807) is 34.0 Å². The molecule has 0 spiro atoms. The van der Waals surface area contributed by atoms with Crippen LogP contribution in [-0.2, 0) is 20.4 Å². The summed E-state index contributed by atoms with van der Waals surface area (Å²) in [4.78, 5) is 22.9. The molecular formula is C11H21NO4S. The lowest BCUT2D eigenvalue weighted by atomic mass is 9.80. The van der Waals surface area contributed by atoms with Crippen molar-refractivity contribution in [3.63, 3.8) is 0 Å². The van der Waals surface area contributed by atoms with Crippen molar-refractivity contribution in [1.29, 1.82) is 0 Å². The third-order valence-corrected chi connectivity index (χ3v) is 3.22. The molecule has 0 bridgehead atoms. The van der Waals surface area contributed by atoms with Gasteiger partial charge in [-0.1, -0.05) is 20.8 Å². The Kier molecular flexibility index (Phi) is 5.81. The van der Waals surface area contributed by atoms with Crippen molar-refractivity contribution in [2.24, 2.45) is 11.3 Å². The van der Waals surface area contributed by atoms with Crippen LogP contribution in [0.2, 0.25) is 0 Å². The summed E-state index contributed by atoms with van der Waals surface area (Å²) < 4.78 is 11.0. The van der Waals surface area contributed by atoms with E-state index in [-0.39, 0.29) is 6.04 Å². The average molecular weight is 263 g/mol. The molecular weight excluding hydrogens is 242 g/mol. The molecule has 3 unspecified atom stereocenters. The topological polar surface area (TPSA) is 83.5 Å². The number of carboxylic acid groups (broad SMARTS) is 1. The van der Waals surface area contributed by atoms with Crippen LogP contribution in [0.5, 0.6) is 0 Å². The fraction of sp³-hybridized carbons (Fsp3) is 0.818. The molecule has 0 aliphatic rings. The van der Waals surface area contributed by atoms with Crippen LogP contribution < -0.4 is 5.32 Å². The number of carbonyl (C=O) groups excluding carboxylic acids is 1. The van der Waals surface area contributed by atoms with E-state index in [1.807, 2.05) is 0 Å². The highest BCUT2D eigenvalue weighted by Crippen LogP contribution is 2.26. The Bertz CT molecular complexity index is 322. The number of hydrogen-bond acceptors (Lipinski definition) is 3. The lowest BCUT2D eigenvalue weighted by molar-refractivity contribution is -0.151. The minimum absolute atomic E-state index is 0.294. The van der Waals surface area contributed by atoms with Crippen LogP contribution in [-0.4, -0.2) is 39.2 Å². The van der Waals surface area contributed by atoms with Gasteiger partial charge >= 0.3 is 5.97 Å². The zero-order valence-electron chi connectivity index (χ0n) is 10.9. The monoisotopic (exact) mass is 263 g/mol. The van der Waals surface area contributed by atoms with Gasteiger partial charge in [0.05, 0.1) is 0 Å². The summed E-state index contributed by atoms with van der Waals surface area (Å²) in [5, 5.41) is 11.6. The van der Waals surface area contributed by atoms with Crippen molar-refractivity contribution in [2.45, 2.75) is 33.7 Å². The summed E-state index contributed by atoms with van der Waals surface area (Å²) in [6.07, 6.45) is 1.54. The maximum atomic E-state index is 11.8. The number of aliphatic carboxylic acids is 1. The van der Waals surface area contributed by atoms with Crippen molar-refractivity contribution in [2.75, 3.05) is 12.0 Å². The number of carboxylic acids is 1. The van der Waals surface area contributed by atoms with Gasteiger partial charge in [-0.25, -0.2) is 0 Å². The Hall–Kier alpha value is -0.910. The summed E-state index contributed by atoms with van der Waals surface area (Å²) in [6, 6.07) is -0.294. The van der Waals surface area contributed by atoms with Gasteiger partial charge < -0.3 is 10.4 Å². The molecule has 0 saturated carbocycles. The summed E-state index contributed by atoms with van der Waals surface area (Å²) in [5.41, 5.74) is -0.652. The number of hydrogen-bond donors (Lipinski definition) is 2. The highest BCUT2D eigenvalue weighted by molar-refractivity contribution is 7.84. The number of rotatable bonds is 5. The first kappa shape index (κ1) is 16.1. The van der Waals surface area contributed by atoms with Crippen LogP contribution >= 0.6 is 0 Å². The van der Waals surface area contributed by atoms with E-state index in [1.165, 1.54) is 0 Å². The maximum absolute atomic E-state index is 11.8. The zero-order valence-corrected chi connectivity index (χ0v) is 11.8. The lowest BCUT2D eigenvalue weighted by Crippen LogP contribution is -2.47. The molecule has 0 fully saturated rings. The normalized spacial score (nSPS) is 17.0. The van der Waals surface area contributed by atoms with E-state index in [0.717, 1.165) is 0 Å². The number of amides is 1. The van der Waals surface area contributed by atoms with E-state index in [2.05, 4.69) is 5.32 Å². The van der Waals surface area contributed by atoms with Crippen molar-refractivity contribution in [3.05, 3.63) is 0 Å². The number of carbonyl (C=O) groups is 2. The van der Waals surface area contributed by atoms with Gasteiger partial charge in [-0.15, -0.1) is 0 Å². The largest absolute Gasteiger partial charge is 0.481 e. The molecule has 0 aromatic heterocycles. The van der Waals surface area contributed by atoms with Gasteiger partial charge in [0.15, 0.2) is 0 Å². The van der Waals surface area contributed by atoms with Crippen LogP contribution in [0.3, 0.4) is 0 Å². The molecule has 0 aromatic rings. The van der Waals surface area contributed by atoms with Crippen molar-refractivity contribution < 1.29 is 18.9 Å². The van der Waals surface area contributed by atoms with Gasteiger partial charge in [0.25, 0.3) is 0 Å². The van der Waals surface area contributed by atoms with Crippen molar-refractivity contribution in [3.8, 4) is 0 Å². The van der Waals surface area contributed by atoms with Crippen molar-refractivity contribution >= 4 is 22.7 Å². The van der Waals surface area contributed by atoms with Gasteiger partial charge in [-0.05, 0) is 12.3 Å². The van der Waals surface area contributed by atoms with Crippen LogP contribution in [0, 0.1) is 11.3 Å². The van der Waals surface area contributed by atoms with E-state index in [9.17, 15) is 13.8 Å². The second-order valence-corrected chi connectivity index (χ2v) is 6.77. The average Bonchev–Trinajstić information content (AvgIpc) is 1.95. The fourth-order valence-electron chi connectivity index (χ4n) is 1.60. The molecule has 0 rings (SSSR count). The molecule has 3 atom stereocenters. The smallest absolute Gasteiger partial charge is 0.316 e. The minimum Gasteiger partial charge on any atom is -0.481 e. The van der Waals surface area contributed by atoms with E-state index >= 15 is 0 Å². The zero-order chi connectivity index (χ0) is 13.8. The van der Waals surface area contributed by atoms with E-state index < -0.39 is 34.0 Å². The lowest BCUT2D eigenvalue weighted by Gasteiger charge is -2.27. The highest BCUT2D eigenvalue weighted by Gasteiger charge is 2.38. The SMILES string of the molecule is CC(CS(C)=O)NC(=O)C(C(=O)O)C(C)(C)C.